The molecule has 0 aliphatic heterocycles. The number of unbranched alkanes of at least 4 members (excludes halogenated alkanes) is 1. The fourth-order valence-corrected chi connectivity index (χ4v) is 4.49. The molecule has 2 amide bonds. The Morgan fingerprint density at radius 1 is 1.07 bits per heavy atom. The molecule has 1 saturated carbocycles. The largest absolute Gasteiger partial charge is 0.488 e. The van der Waals surface area contributed by atoms with E-state index in [0.29, 0.717) is 36.6 Å². The highest BCUT2D eigenvalue weighted by Crippen LogP contribution is 2.39. The number of amides is 2. The highest BCUT2D eigenvalue weighted by molar-refractivity contribution is 5.92. The lowest BCUT2D eigenvalue weighted by molar-refractivity contribution is -0.134. The molecule has 43 heavy (non-hydrogen) atoms. The number of aromatic nitrogens is 7. The number of hydrogen-bond donors (Lipinski definition) is 2. The summed E-state index contributed by atoms with van der Waals surface area (Å²) in [6, 6.07) is 8.91. The van der Waals surface area contributed by atoms with Gasteiger partial charge in [0, 0.05) is 31.8 Å². The summed E-state index contributed by atoms with van der Waals surface area (Å²) in [4.78, 5) is 33.1. The third kappa shape index (κ3) is 8.80. The first kappa shape index (κ1) is 29.6. The first-order valence-corrected chi connectivity index (χ1v) is 13.9. The number of anilines is 1. The summed E-state index contributed by atoms with van der Waals surface area (Å²) in [6.07, 6.45) is 7.40. The molecule has 14 heteroatoms. The van der Waals surface area contributed by atoms with Crippen LogP contribution in [-0.4, -0.2) is 59.0 Å². The van der Waals surface area contributed by atoms with Gasteiger partial charge in [0.15, 0.2) is 11.5 Å². The fourth-order valence-electron chi connectivity index (χ4n) is 4.49. The van der Waals surface area contributed by atoms with Crippen molar-refractivity contribution in [1.82, 2.24) is 40.5 Å². The summed E-state index contributed by atoms with van der Waals surface area (Å²) in [7, 11) is 0. The second-order valence-electron chi connectivity index (χ2n) is 10.5. The highest BCUT2D eigenvalue weighted by atomic mass is 19.3. The van der Waals surface area contributed by atoms with Crippen molar-refractivity contribution in [3.05, 3.63) is 83.3 Å². The molecule has 5 rings (SSSR count). The Kier molecular flexibility index (Phi) is 9.23. The minimum absolute atomic E-state index is 0.0179. The molecule has 0 aromatic carbocycles. The highest BCUT2D eigenvalue weighted by Gasteiger charge is 2.47. The number of aryl methyl sites for hydroxylation is 3. The molecule has 4 aromatic rings. The maximum absolute atomic E-state index is 13.0. The first-order valence-electron chi connectivity index (χ1n) is 13.9. The van der Waals surface area contributed by atoms with Gasteiger partial charge in [0.25, 0.3) is 11.8 Å². The third-order valence-electron chi connectivity index (χ3n) is 6.72. The van der Waals surface area contributed by atoms with Crippen LogP contribution in [0.5, 0.6) is 5.75 Å². The SMILES string of the molecule is Cc1ccnc(CNC(=O)c2cn(CCCCc3ccc(NC(=O)Cc4cncc(OC5CC(F)(F)C5)c4)nn3)nn2)c1. The molecule has 1 fully saturated rings. The number of halogens is 2. The van der Waals surface area contributed by atoms with Gasteiger partial charge in [-0.25, -0.2) is 8.78 Å². The lowest BCUT2D eigenvalue weighted by Crippen LogP contribution is -2.43. The lowest BCUT2D eigenvalue weighted by Gasteiger charge is -2.34. The van der Waals surface area contributed by atoms with E-state index in [-0.39, 0.29) is 36.8 Å². The number of nitrogens with zero attached hydrogens (tertiary/aromatic N) is 7. The molecule has 2 N–H and O–H groups in total. The Morgan fingerprint density at radius 2 is 1.93 bits per heavy atom. The van der Waals surface area contributed by atoms with E-state index in [0.717, 1.165) is 29.8 Å². The molecule has 1 aliphatic rings. The summed E-state index contributed by atoms with van der Waals surface area (Å²) < 4.78 is 33.2. The van der Waals surface area contributed by atoms with Gasteiger partial charge in [-0.3, -0.25) is 24.2 Å². The van der Waals surface area contributed by atoms with Gasteiger partial charge in [0.2, 0.25) is 5.91 Å². The third-order valence-corrected chi connectivity index (χ3v) is 6.72. The minimum Gasteiger partial charge on any atom is -0.488 e. The van der Waals surface area contributed by atoms with Crippen LogP contribution in [0.15, 0.2) is 55.1 Å². The van der Waals surface area contributed by atoms with Crippen molar-refractivity contribution in [3.8, 4) is 5.75 Å². The number of ether oxygens (including phenoxy) is 1. The first-order chi connectivity index (χ1) is 20.7. The van der Waals surface area contributed by atoms with Gasteiger partial charge < -0.3 is 15.4 Å². The summed E-state index contributed by atoms with van der Waals surface area (Å²) in [6.45, 7) is 2.87. The van der Waals surface area contributed by atoms with Gasteiger partial charge in [-0.15, -0.1) is 10.2 Å². The lowest BCUT2D eigenvalue weighted by atomic mass is 9.91. The van der Waals surface area contributed by atoms with Crippen LogP contribution >= 0.6 is 0 Å². The van der Waals surface area contributed by atoms with Crippen LogP contribution in [0.3, 0.4) is 0 Å². The number of carbonyl (C=O) groups excluding carboxylic acids is 2. The number of rotatable bonds is 13. The van der Waals surface area contributed by atoms with Crippen molar-refractivity contribution in [3.63, 3.8) is 0 Å². The molecule has 0 spiro atoms. The average Bonchev–Trinajstić information content (AvgIpc) is 3.43. The van der Waals surface area contributed by atoms with Crippen molar-refractivity contribution in [1.29, 1.82) is 0 Å². The van der Waals surface area contributed by atoms with E-state index in [1.807, 2.05) is 19.1 Å². The zero-order valence-corrected chi connectivity index (χ0v) is 23.5. The zero-order chi connectivity index (χ0) is 30.2. The molecule has 4 aromatic heterocycles. The van der Waals surface area contributed by atoms with E-state index in [9.17, 15) is 18.4 Å². The molecule has 0 bridgehead atoms. The number of nitrogens with one attached hydrogen (secondary N) is 2. The zero-order valence-electron chi connectivity index (χ0n) is 23.5. The van der Waals surface area contributed by atoms with Crippen LogP contribution in [0.1, 0.15) is 58.7 Å². The van der Waals surface area contributed by atoms with E-state index in [1.165, 1.54) is 12.4 Å². The van der Waals surface area contributed by atoms with Crippen LogP contribution in [-0.2, 0) is 30.7 Å². The molecule has 4 heterocycles. The van der Waals surface area contributed by atoms with Crippen LogP contribution in [0, 0.1) is 6.92 Å². The van der Waals surface area contributed by atoms with Gasteiger partial charge in [-0.2, -0.15) is 5.10 Å². The quantitative estimate of drug-likeness (QED) is 0.223. The topological polar surface area (TPSA) is 150 Å². The predicted octanol–water partition coefficient (Wildman–Crippen LogP) is 3.48. The monoisotopic (exact) mass is 591 g/mol. The number of carbonyl (C=O) groups is 2. The van der Waals surface area contributed by atoms with Gasteiger partial charge in [-0.1, -0.05) is 5.21 Å². The second kappa shape index (κ2) is 13.4. The standard InChI is InChI=1S/C29H31F2N9O3/c1-19-7-8-33-22(10-19)16-34-28(42)25-18-40(39-37-25)9-3-2-4-21-5-6-26(38-36-21)35-27(41)12-20-11-23(17-32-15-20)43-24-13-29(30,31)14-24/h5-8,10-11,15,17-18,24H,2-4,9,12-14,16H2,1H3,(H,34,42)(H,35,38,41). The summed E-state index contributed by atoms with van der Waals surface area (Å²) >= 11 is 0. The van der Waals surface area contributed by atoms with Gasteiger partial charge >= 0.3 is 0 Å². The Labute approximate surface area is 246 Å². The summed E-state index contributed by atoms with van der Waals surface area (Å²) in [5.41, 5.74) is 3.45. The van der Waals surface area contributed by atoms with Crippen molar-refractivity contribution in [2.45, 2.75) is 70.6 Å². The smallest absolute Gasteiger partial charge is 0.273 e. The Hall–Kier alpha value is -4.88. The maximum atomic E-state index is 13.0. The van der Waals surface area contributed by atoms with Crippen LogP contribution < -0.4 is 15.4 Å². The van der Waals surface area contributed by atoms with Gasteiger partial charge in [-0.05, 0) is 67.6 Å². The van der Waals surface area contributed by atoms with Crippen LogP contribution in [0.4, 0.5) is 14.6 Å². The summed E-state index contributed by atoms with van der Waals surface area (Å²) in [5.74, 6) is -2.62. The molecule has 0 unspecified atom stereocenters. The van der Waals surface area contributed by atoms with E-state index in [1.54, 1.807) is 35.3 Å². The van der Waals surface area contributed by atoms with Gasteiger partial charge in [0.1, 0.15) is 11.9 Å². The molecule has 12 nitrogen and oxygen atoms in total. The predicted molar refractivity (Wildman–Crippen MR) is 150 cm³/mol. The number of alkyl halides is 2. The van der Waals surface area contributed by atoms with E-state index in [2.05, 4.69) is 41.1 Å². The molecule has 1 aliphatic carbocycles. The number of hydrogen-bond acceptors (Lipinski definition) is 9. The average molecular weight is 592 g/mol. The fraction of sp³-hybridized carbons (Fsp3) is 0.379. The molecule has 0 radical (unpaired) electrons. The Bertz CT molecular complexity index is 1550. The Balaban J connectivity index is 0.996. The molecule has 0 atom stereocenters. The minimum atomic E-state index is -2.67. The molecule has 224 valence electrons. The van der Waals surface area contributed by atoms with Crippen molar-refractivity contribution >= 4 is 17.6 Å². The van der Waals surface area contributed by atoms with E-state index < -0.39 is 12.0 Å². The van der Waals surface area contributed by atoms with Crippen LogP contribution in [0.25, 0.3) is 0 Å². The van der Waals surface area contributed by atoms with Crippen molar-refractivity contribution in [2.24, 2.45) is 0 Å². The normalized spacial score (nSPS) is 14.1. The van der Waals surface area contributed by atoms with Crippen LogP contribution in [0.2, 0.25) is 0 Å². The van der Waals surface area contributed by atoms with Gasteiger partial charge in [0.05, 0.1) is 36.7 Å². The molecule has 0 saturated heterocycles. The van der Waals surface area contributed by atoms with E-state index >= 15 is 0 Å². The van der Waals surface area contributed by atoms with Crippen molar-refractivity contribution in [2.75, 3.05) is 5.32 Å². The van der Waals surface area contributed by atoms with Crippen molar-refractivity contribution < 1.29 is 23.1 Å². The Morgan fingerprint density at radius 3 is 2.70 bits per heavy atom. The molecular weight excluding hydrogens is 560 g/mol. The maximum Gasteiger partial charge on any atom is 0.273 e. The number of pyridine rings is 2. The second-order valence-corrected chi connectivity index (χ2v) is 10.5. The molecular formula is C29H31F2N9O3. The summed E-state index contributed by atoms with van der Waals surface area (Å²) in [5, 5.41) is 21.8. The van der Waals surface area contributed by atoms with E-state index in [4.69, 9.17) is 4.74 Å².